The SMILES string of the molecule is OC1CCC2CN(Cc3nnc(-c4ccc(Br)o4)o3)CC12. The molecule has 3 atom stereocenters. The number of nitrogens with zero attached hydrogens (tertiary/aromatic N) is 3. The maximum absolute atomic E-state index is 9.94. The monoisotopic (exact) mass is 353 g/mol. The highest BCUT2D eigenvalue weighted by molar-refractivity contribution is 9.10. The van der Waals surface area contributed by atoms with Crippen LogP contribution in [0.15, 0.2) is 25.6 Å². The fourth-order valence-electron chi connectivity index (χ4n) is 3.50. The number of aliphatic hydroxyl groups is 1. The van der Waals surface area contributed by atoms with Crippen molar-refractivity contribution in [1.82, 2.24) is 15.1 Å². The maximum Gasteiger partial charge on any atom is 0.283 e. The molecule has 0 radical (unpaired) electrons. The first kappa shape index (κ1) is 13.5. The molecule has 112 valence electrons. The van der Waals surface area contributed by atoms with Crippen LogP contribution in [0.4, 0.5) is 0 Å². The third kappa shape index (κ3) is 2.54. The van der Waals surface area contributed by atoms with E-state index in [0.717, 1.165) is 25.9 Å². The predicted molar refractivity (Wildman–Crippen MR) is 77.2 cm³/mol. The molecular formula is C14H16BrN3O3. The molecule has 0 aromatic carbocycles. The van der Waals surface area contributed by atoms with Crippen LogP contribution in [-0.4, -0.2) is 39.4 Å². The fraction of sp³-hybridized carbons (Fsp3) is 0.571. The number of aliphatic hydroxyl groups excluding tert-OH is 1. The number of hydrogen-bond acceptors (Lipinski definition) is 6. The molecule has 2 aromatic rings. The van der Waals surface area contributed by atoms with E-state index < -0.39 is 0 Å². The molecule has 1 aliphatic heterocycles. The minimum absolute atomic E-state index is 0.140. The Morgan fingerprint density at radius 2 is 2.14 bits per heavy atom. The van der Waals surface area contributed by atoms with Crippen LogP contribution in [0.1, 0.15) is 18.7 Å². The molecule has 0 amide bonds. The quantitative estimate of drug-likeness (QED) is 0.912. The molecule has 2 fully saturated rings. The minimum Gasteiger partial charge on any atom is -0.444 e. The topological polar surface area (TPSA) is 75.5 Å². The van der Waals surface area contributed by atoms with Crippen molar-refractivity contribution >= 4 is 15.9 Å². The number of likely N-dealkylation sites (tertiary alicyclic amines) is 1. The zero-order chi connectivity index (χ0) is 14.4. The van der Waals surface area contributed by atoms with E-state index in [1.54, 1.807) is 12.1 Å². The van der Waals surface area contributed by atoms with Gasteiger partial charge in [0.2, 0.25) is 5.89 Å². The lowest BCUT2D eigenvalue weighted by molar-refractivity contribution is 0.122. The van der Waals surface area contributed by atoms with Crippen molar-refractivity contribution in [1.29, 1.82) is 0 Å². The summed E-state index contributed by atoms with van der Waals surface area (Å²) in [5.41, 5.74) is 0. The van der Waals surface area contributed by atoms with Gasteiger partial charge in [-0.1, -0.05) is 0 Å². The van der Waals surface area contributed by atoms with Crippen LogP contribution in [0.25, 0.3) is 11.7 Å². The zero-order valence-electron chi connectivity index (χ0n) is 11.4. The Kier molecular flexibility index (Phi) is 3.35. The molecular weight excluding hydrogens is 338 g/mol. The second-order valence-corrected chi connectivity index (χ2v) is 6.65. The van der Waals surface area contributed by atoms with Gasteiger partial charge in [-0.2, -0.15) is 0 Å². The van der Waals surface area contributed by atoms with Gasteiger partial charge in [0.05, 0.1) is 12.6 Å². The molecule has 2 aromatic heterocycles. The summed E-state index contributed by atoms with van der Waals surface area (Å²) in [7, 11) is 0. The summed E-state index contributed by atoms with van der Waals surface area (Å²) in [5.74, 6) is 2.58. The van der Waals surface area contributed by atoms with Gasteiger partial charge in [0, 0.05) is 19.0 Å². The summed E-state index contributed by atoms with van der Waals surface area (Å²) >= 11 is 3.25. The third-order valence-corrected chi connectivity index (χ3v) is 4.93. The van der Waals surface area contributed by atoms with Gasteiger partial charge in [0.15, 0.2) is 10.4 Å². The van der Waals surface area contributed by atoms with Crippen LogP contribution in [-0.2, 0) is 6.54 Å². The van der Waals surface area contributed by atoms with Crippen LogP contribution >= 0.6 is 15.9 Å². The maximum atomic E-state index is 9.94. The Hall–Kier alpha value is -1.18. The van der Waals surface area contributed by atoms with Crippen LogP contribution in [0.5, 0.6) is 0 Å². The molecule has 6 nitrogen and oxygen atoms in total. The van der Waals surface area contributed by atoms with Gasteiger partial charge in [0.25, 0.3) is 5.89 Å². The third-order valence-electron chi connectivity index (χ3n) is 4.50. The van der Waals surface area contributed by atoms with Crippen molar-refractivity contribution in [2.24, 2.45) is 11.8 Å². The van der Waals surface area contributed by atoms with Crippen molar-refractivity contribution in [2.45, 2.75) is 25.5 Å². The van der Waals surface area contributed by atoms with E-state index in [9.17, 15) is 5.11 Å². The van der Waals surface area contributed by atoms with Gasteiger partial charge in [0.1, 0.15) is 0 Å². The van der Waals surface area contributed by atoms with Crippen LogP contribution < -0.4 is 0 Å². The standard InChI is InChI=1S/C14H16BrN3O3/c15-12-4-3-11(20-12)14-17-16-13(21-14)7-18-5-8-1-2-10(19)9(8)6-18/h3-4,8-10,19H,1-2,5-7H2. The van der Waals surface area contributed by atoms with Crippen molar-refractivity contribution in [2.75, 3.05) is 13.1 Å². The number of halogens is 1. The lowest BCUT2D eigenvalue weighted by Gasteiger charge is -2.15. The smallest absolute Gasteiger partial charge is 0.283 e. The first-order valence-corrected chi connectivity index (χ1v) is 7.97. The van der Waals surface area contributed by atoms with E-state index in [2.05, 4.69) is 31.0 Å². The number of hydrogen-bond donors (Lipinski definition) is 1. The van der Waals surface area contributed by atoms with Gasteiger partial charge in [-0.3, -0.25) is 4.90 Å². The number of aromatic nitrogens is 2. The molecule has 4 rings (SSSR count). The largest absolute Gasteiger partial charge is 0.444 e. The molecule has 0 spiro atoms. The molecule has 0 bridgehead atoms. The molecule has 1 aliphatic carbocycles. The van der Waals surface area contributed by atoms with E-state index in [1.165, 1.54) is 0 Å². The molecule has 1 saturated heterocycles. The molecule has 3 unspecified atom stereocenters. The number of rotatable bonds is 3. The summed E-state index contributed by atoms with van der Waals surface area (Å²) in [5, 5.41) is 18.0. The molecule has 21 heavy (non-hydrogen) atoms. The Morgan fingerprint density at radius 3 is 2.90 bits per heavy atom. The Labute approximate surface area is 130 Å². The number of fused-ring (bicyclic) bond motifs is 1. The lowest BCUT2D eigenvalue weighted by Crippen LogP contribution is -2.24. The second-order valence-electron chi connectivity index (χ2n) is 5.87. The van der Waals surface area contributed by atoms with Crippen LogP contribution in [0.2, 0.25) is 0 Å². The van der Waals surface area contributed by atoms with E-state index in [-0.39, 0.29) is 6.10 Å². The summed E-state index contributed by atoms with van der Waals surface area (Å²) in [4.78, 5) is 2.28. The van der Waals surface area contributed by atoms with E-state index in [4.69, 9.17) is 8.83 Å². The summed E-state index contributed by atoms with van der Waals surface area (Å²) in [6.07, 6.45) is 1.93. The highest BCUT2D eigenvalue weighted by atomic mass is 79.9. The molecule has 3 heterocycles. The summed E-state index contributed by atoms with van der Waals surface area (Å²) < 4.78 is 11.7. The predicted octanol–water partition coefficient (Wildman–Crippen LogP) is 2.29. The Morgan fingerprint density at radius 1 is 1.24 bits per heavy atom. The van der Waals surface area contributed by atoms with Crippen molar-refractivity contribution < 1.29 is 13.9 Å². The molecule has 7 heteroatoms. The van der Waals surface area contributed by atoms with Gasteiger partial charge in [-0.25, -0.2) is 0 Å². The van der Waals surface area contributed by atoms with E-state index >= 15 is 0 Å². The lowest BCUT2D eigenvalue weighted by atomic mass is 10.00. The normalized spacial score (nSPS) is 29.1. The Balaban J connectivity index is 1.43. The van der Waals surface area contributed by atoms with E-state index in [0.29, 0.717) is 40.6 Å². The highest BCUT2D eigenvalue weighted by Crippen LogP contribution is 2.38. The zero-order valence-corrected chi connectivity index (χ0v) is 13.0. The van der Waals surface area contributed by atoms with Crippen molar-refractivity contribution in [3.63, 3.8) is 0 Å². The fourth-order valence-corrected chi connectivity index (χ4v) is 3.80. The average molecular weight is 354 g/mol. The first-order chi connectivity index (χ1) is 10.2. The Bertz CT molecular complexity index is 641. The molecule has 1 saturated carbocycles. The average Bonchev–Trinajstić information content (AvgIpc) is 3.18. The van der Waals surface area contributed by atoms with Crippen LogP contribution in [0, 0.1) is 11.8 Å². The van der Waals surface area contributed by atoms with Crippen molar-refractivity contribution in [3.05, 3.63) is 22.7 Å². The highest BCUT2D eigenvalue weighted by Gasteiger charge is 2.41. The van der Waals surface area contributed by atoms with Gasteiger partial charge in [-0.05, 0) is 46.8 Å². The molecule has 2 aliphatic rings. The molecule has 1 N–H and O–H groups in total. The number of furan rings is 1. The van der Waals surface area contributed by atoms with Gasteiger partial charge >= 0.3 is 0 Å². The minimum atomic E-state index is -0.140. The first-order valence-electron chi connectivity index (χ1n) is 7.17. The summed E-state index contributed by atoms with van der Waals surface area (Å²) in [6.45, 7) is 2.55. The second kappa shape index (κ2) is 5.23. The van der Waals surface area contributed by atoms with Gasteiger partial charge in [-0.15, -0.1) is 10.2 Å². The summed E-state index contributed by atoms with van der Waals surface area (Å²) in [6, 6.07) is 3.58. The van der Waals surface area contributed by atoms with Crippen molar-refractivity contribution in [3.8, 4) is 11.7 Å². The van der Waals surface area contributed by atoms with Crippen LogP contribution in [0.3, 0.4) is 0 Å². The van der Waals surface area contributed by atoms with E-state index in [1.807, 2.05) is 0 Å². The van der Waals surface area contributed by atoms with Gasteiger partial charge < -0.3 is 13.9 Å².